The molecular formula is C10H16ClN3O. The highest BCUT2D eigenvalue weighted by molar-refractivity contribution is 6.17. The van der Waals surface area contributed by atoms with Gasteiger partial charge in [0.1, 0.15) is 0 Å². The zero-order chi connectivity index (χ0) is 11.1. The highest BCUT2D eigenvalue weighted by atomic mass is 35.5. The van der Waals surface area contributed by atoms with E-state index in [0.29, 0.717) is 18.8 Å². The number of aryl methyl sites for hydroxylation is 1. The lowest BCUT2D eigenvalue weighted by atomic mass is 10.2. The number of amides is 1. The third kappa shape index (κ3) is 4.34. The lowest BCUT2D eigenvalue weighted by Gasteiger charge is -2.04. The van der Waals surface area contributed by atoms with Crippen molar-refractivity contribution in [2.24, 2.45) is 7.05 Å². The number of hydrogen-bond donors (Lipinski definition) is 1. The minimum Gasteiger partial charge on any atom is -0.350 e. The summed E-state index contributed by atoms with van der Waals surface area (Å²) in [6, 6.07) is 1.89. The number of halogens is 1. The molecule has 1 aromatic heterocycles. The third-order valence-corrected chi connectivity index (χ3v) is 2.44. The van der Waals surface area contributed by atoms with Gasteiger partial charge in [0.25, 0.3) is 0 Å². The topological polar surface area (TPSA) is 46.9 Å². The first-order chi connectivity index (χ1) is 7.24. The van der Waals surface area contributed by atoms with E-state index in [0.717, 1.165) is 18.5 Å². The maximum Gasteiger partial charge on any atom is 0.220 e. The fourth-order valence-electron chi connectivity index (χ4n) is 1.23. The molecule has 1 amide bonds. The largest absolute Gasteiger partial charge is 0.350 e. The van der Waals surface area contributed by atoms with Gasteiger partial charge in [0.05, 0.1) is 12.2 Å². The molecule has 0 aromatic carbocycles. The van der Waals surface area contributed by atoms with Gasteiger partial charge in [-0.05, 0) is 18.9 Å². The molecule has 0 aliphatic rings. The molecule has 0 spiro atoms. The highest BCUT2D eigenvalue weighted by Gasteiger charge is 2.02. The Morgan fingerprint density at radius 2 is 2.40 bits per heavy atom. The molecule has 4 nitrogen and oxygen atoms in total. The number of unbranched alkanes of at least 4 members (excludes halogenated alkanes) is 1. The van der Waals surface area contributed by atoms with E-state index in [2.05, 4.69) is 10.4 Å². The summed E-state index contributed by atoms with van der Waals surface area (Å²) in [6.45, 7) is 0.538. The summed E-state index contributed by atoms with van der Waals surface area (Å²) in [5.41, 5.74) is 1.00. The highest BCUT2D eigenvalue weighted by Crippen LogP contribution is 1.99. The van der Waals surface area contributed by atoms with Gasteiger partial charge in [-0.1, -0.05) is 0 Å². The Morgan fingerprint density at radius 1 is 1.60 bits per heavy atom. The zero-order valence-electron chi connectivity index (χ0n) is 8.87. The Hall–Kier alpha value is -1.03. The van der Waals surface area contributed by atoms with Crippen LogP contribution in [0.3, 0.4) is 0 Å². The molecule has 0 fully saturated rings. The first kappa shape index (κ1) is 12.0. The normalized spacial score (nSPS) is 10.3. The minimum absolute atomic E-state index is 0.0707. The Labute approximate surface area is 94.6 Å². The van der Waals surface area contributed by atoms with E-state index >= 15 is 0 Å². The second kappa shape index (κ2) is 6.45. The van der Waals surface area contributed by atoms with Crippen LogP contribution >= 0.6 is 11.6 Å². The summed E-state index contributed by atoms with van der Waals surface area (Å²) >= 11 is 5.52. The first-order valence-corrected chi connectivity index (χ1v) is 5.57. The quantitative estimate of drug-likeness (QED) is 0.593. The second-order valence-corrected chi connectivity index (χ2v) is 3.75. The van der Waals surface area contributed by atoms with Crippen molar-refractivity contribution in [1.82, 2.24) is 15.1 Å². The Balaban J connectivity index is 2.20. The van der Waals surface area contributed by atoms with Crippen molar-refractivity contribution < 1.29 is 4.79 Å². The first-order valence-electron chi connectivity index (χ1n) is 5.03. The molecule has 0 aliphatic heterocycles. The number of hydrogen-bond acceptors (Lipinski definition) is 2. The van der Waals surface area contributed by atoms with Crippen molar-refractivity contribution in [3.63, 3.8) is 0 Å². The number of alkyl halides is 1. The van der Waals surface area contributed by atoms with Gasteiger partial charge in [-0.2, -0.15) is 5.10 Å². The van der Waals surface area contributed by atoms with Crippen molar-refractivity contribution in [1.29, 1.82) is 0 Å². The predicted octanol–water partition coefficient (Wildman–Crippen LogP) is 1.45. The molecule has 0 atom stereocenters. The van der Waals surface area contributed by atoms with Crippen LogP contribution < -0.4 is 5.32 Å². The number of nitrogens with one attached hydrogen (secondary N) is 1. The van der Waals surface area contributed by atoms with Gasteiger partial charge in [-0.25, -0.2) is 0 Å². The molecule has 1 aromatic rings. The summed E-state index contributed by atoms with van der Waals surface area (Å²) in [7, 11) is 1.86. The van der Waals surface area contributed by atoms with Crippen molar-refractivity contribution >= 4 is 17.5 Å². The van der Waals surface area contributed by atoms with E-state index in [1.807, 2.05) is 13.1 Å². The van der Waals surface area contributed by atoms with Gasteiger partial charge < -0.3 is 5.32 Å². The molecule has 1 heterocycles. The number of rotatable bonds is 6. The molecule has 0 saturated carbocycles. The molecular weight excluding hydrogens is 214 g/mol. The smallest absolute Gasteiger partial charge is 0.220 e. The molecule has 84 valence electrons. The van der Waals surface area contributed by atoms with Crippen LogP contribution in [0, 0.1) is 0 Å². The fourth-order valence-corrected chi connectivity index (χ4v) is 1.42. The lowest BCUT2D eigenvalue weighted by molar-refractivity contribution is -0.121. The van der Waals surface area contributed by atoms with Gasteiger partial charge in [0.2, 0.25) is 5.91 Å². The number of carbonyl (C=O) groups excluding carboxylic acids is 1. The zero-order valence-corrected chi connectivity index (χ0v) is 9.63. The number of carbonyl (C=O) groups is 1. The summed E-state index contributed by atoms with van der Waals surface area (Å²) in [5, 5.41) is 6.86. The van der Waals surface area contributed by atoms with Gasteiger partial charge in [-0.15, -0.1) is 11.6 Å². The Bertz CT molecular complexity index is 311. The van der Waals surface area contributed by atoms with Crippen molar-refractivity contribution in [2.75, 3.05) is 5.88 Å². The van der Waals surface area contributed by atoms with Gasteiger partial charge >= 0.3 is 0 Å². The molecule has 0 bridgehead atoms. The minimum atomic E-state index is 0.0707. The molecule has 1 rings (SSSR count). The lowest BCUT2D eigenvalue weighted by Crippen LogP contribution is -2.23. The average Bonchev–Trinajstić information content (AvgIpc) is 2.61. The average molecular weight is 230 g/mol. The summed E-state index contributed by atoms with van der Waals surface area (Å²) in [5.74, 6) is 0.691. The van der Waals surface area contributed by atoms with Crippen LogP contribution in [0.4, 0.5) is 0 Å². The standard InChI is InChI=1S/C10H16ClN3O/c1-14-9(5-7-13-14)8-12-10(15)4-2-3-6-11/h5,7H,2-4,6,8H2,1H3,(H,12,15). The monoisotopic (exact) mass is 229 g/mol. The van der Waals surface area contributed by atoms with Crippen molar-refractivity contribution in [2.45, 2.75) is 25.8 Å². The summed E-state index contributed by atoms with van der Waals surface area (Å²) in [6.07, 6.45) is 4.00. The van der Waals surface area contributed by atoms with Crippen LogP contribution in [0.5, 0.6) is 0 Å². The fraction of sp³-hybridized carbons (Fsp3) is 0.600. The maximum atomic E-state index is 11.3. The van der Waals surface area contributed by atoms with E-state index in [1.165, 1.54) is 0 Å². The number of aromatic nitrogens is 2. The van der Waals surface area contributed by atoms with E-state index in [4.69, 9.17) is 11.6 Å². The molecule has 1 N–H and O–H groups in total. The Kier molecular flexibility index (Phi) is 5.18. The summed E-state index contributed by atoms with van der Waals surface area (Å²) in [4.78, 5) is 11.3. The molecule has 5 heteroatoms. The van der Waals surface area contributed by atoms with Gasteiger partial charge in [0, 0.05) is 25.5 Å². The molecule has 0 saturated heterocycles. The van der Waals surface area contributed by atoms with Crippen LogP contribution in [-0.4, -0.2) is 21.6 Å². The van der Waals surface area contributed by atoms with E-state index < -0.39 is 0 Å². The van der Waals surface area contributed by atoms with Crippen LogP contribution in [0.1, 0.15) is 25.0 Å². The SMILES string of the molecule is Cn1nccc1CNC(=O)CCCCCl. The Morgan fingerprint density at radius 3 is 3.00 bits per heavy atom. The van der Waals surface area contributed by atoms with Crippen LogP contribution in [0.15, 0.2) is 12.3 Å². The predicted molar refractivity (Wildman–Crippen MR) is 59.6 cm³/mol. The second-order valence-electron chi connectivity index (χ2n) is 3.37. The van der Waals surface area contributed by atoms with Crippen molar-refractivity contribution in [3.05, 3.63) is 18.0 Å². The van der Waals surface area contributed by atoms with Crippen LogP contribution in [-0.2, 0) is 18.4 Å². The molecule has 0 radical (unpaired) electrons. The van der Waals surface area contributed by atoms with Gasteiger partial charge in [0.15, 0.2) is 0 Å². The molecule has 0 aliphatic carbocycles. The molecule has 0 unspecified atom stereocenters. The maximum absolute atomic E-state index is 11.3. The number of nitrogens with zero attached hydrogens (tertiary/aromatic N) is 2. The van der Waals surface area contributed by atoms with Crippen molar-refractivity contribution in [3.8, 4) is 0 Å². The van der Waals surface area contributed by atoms with E-state index in [9.17, 15) is 4.79 Å². The third-order valence-electron chi connectivity index (χ3n) is 2.18. The summed E-state index contributed by atoms with van der Waals surface area (Å²) < 4.78 is 1.75. The van der Waals surface area contributed by atoms with Gasteiger partial charge in [-0.3, -0.25) is 9.48 Å². The van der Waals surface area contributed by atoms with Crippen LogP contribution in [0.25, 0.3) is 0 Å². The van der Waals surface area contributed by atoms with Crippen LogP contribution in [0.2, 0.25) is 0 Å². The van der Waals surface area contributed by atoms with E-state index in [1.54, 1.807) is 10.9 Å². The molecule has 15 heavy (non-hydrogen) atoms. The van der Waals surface area contributed by atoms with E-state index in [-0.39, 0.29) is 5.91 Å².